The summed E-state index contributed by atoms with van der Waals surface area (Å²) < 4.78 is 40.1. The van der Waals surface area contributed by atoms with Crippen LogP contribution in [0.1, 0.15) is 48.2 Å². The molecular formula is C24H28F3N5O. The zero-order chi connectivity index (χ0) is 23.8. The number of benzene rings is 1. The number of anilines is 2. The van der Waals surface area contributed by atoms with Crippen LogP contribution in [0.4, 0.5) is 24.7 Å². The average molecular weight is 460 g/mol. The standard InChI is InChI=1S/C24H28F3N5O/c1-14-19(5-4-6-21(14)24(25,26)27)15(2)29-23-20-11-18(12-28-22(20)16(3)30-31-23)32-9-7-17(13-33)8-10-32/h4-6,11-12,15,17,33H,7-10,13H2,1-3H3,(H,29,31)/t15-/m1/s1. The first-order valence-electron chi connectivity index (χ1n) is 11.1. The van der Waals surface area contributed by atoms with E-state index in [0.29, 0.717) is 28.5 Å². The first kappa shape index (κ1) is 23.2. The van der Waals surface area contributed by atoms with E-state index in [4.69, 9.17) is 0 Å². The van der Waals surface area contributed by atoms with Gasteiger partial charge in [-0.15, -0.1) is 5.10 Å². The largest absolute Gasteiger partial charge is 0.416 e. The number of aromatic nitrogens is 3. The molecule has 176 valence electrons. The number of pyridine rings is 1. The Morgan fingerprint density at radius 2 is 1.91 bits per heavy atom. The van der Waals surface area contributed by atoms with Crippen molar-refractivity contribution in [2.45, 2.75) is 45.8 Å². The van der Waals surface area contributed by atoms with Crippen LogP contribution in [0.3, 0.4) is 0 Å². The minimum atomic E-state index is -4.40. The number of fused-ring (bicyclic) bond motifs is 1. The second kappa shape index (κ2) is 9.13. The molecule has 1 aromatic carbocycles. The van der Waals surface area contributed by atoms with Crippen molar-refractivity contribution in [2.75, 3.05) is 29.9 Å². The van der Waals surface area contributed by atoms with Crippen LogP contribution in [0.15, 0.2) is 30.5 Å². The Kier molecular flexibility index (Phi) is 6.43. The SMILES string of the molecule is Cc1c([C@@H](C)Nc2nnc(C)c3ncc(N4CCC(CO)CC4)cc23)cccc1C(F)(F)F. The lowest BCUT2D eigenvalue weighted by atomic mass is 9.97. The van der Waals surface area contributed by atoms with Crippen molar-refractivity contribution in [2.24, 2.45) is 5.92 Å². The van der Waals surface area contributed by atoms with Crippen LogP contribution >= 0.6 is 0 Å². The molecule has 2 N–H and O–H groups in total. The van der Waals surface area contributed by atoms with Gasteiger partial charge in [-0.1, -0.05) is 12.1 Å². The topological polar surface area (TPSA) is 74.2 Å². The van der Waals surface area contributed by atoms with Crippen molar-refractivity contribution in [3.05, 3.63) is 52.8 Å². The molecule has 2 aromatic heterocycles. The van der Waals surface area contributed by atoms with Gasteiger partial charge in [-0.05, 0) is 62.8 Å². The minimum absolute atomic E-state index is 0.194. The van der Waals surface area contributed by atoms with Crippen molar-refractivity contribution >= 4 is 22.4 Å². The number of aliphatic hydroxyl groups is 1. The highest BCUT2D eigenvalue weighted by Crippen LogP contribution is 2.36. The van der Waals surface area contributed by atoms with Crippen LogP contribution < -0.4 is 10.2 Å². The third-order valence-corrected chi connectivity index (χ3v) is 6.51. The van der Waals surface area contributed by atoms with Gasteiger partial charge in [0.15, 0.2) is 5.82 Å². The monoisotopic (exact) mass is 459 g/mol. The van der Waals surface area contributed by atoms with Gasteiger partial charge in [-0.3, -0.25) is 4.98 Å². The number of nitrogens with zero attached hydrogens (tertiary/aromatic N) is 4. The lowest BCUT2D eigenvalue weighted by Gasteiger charge is -2.32. The second-order valence-corrected chi connectivity index (χ2v) is 8.72. The Morgan fingerprint density at radius 1 is 1.18 bits per heavy atom. The molecule has 4 rings (SSSR count). The van der Waals surface area contributed by atoms with Gasteiger partial charge in [0, 0.05) is 25.1 Å². The third-order valence-electron chi connectivity index (χ3n) is 6.51. The Morgan fingerprint density at radius 3 is 2.58 bits per heavy atom. The maximum atomic E-state index is 13.4. The first-order valence-corrected chi connectivity index (χ1v) is 11.1. The summed E-state index contributed by atoms with van der Waals surface area (Å²) in [6, 6.07) is 5.82. The number of hydrogen-bond acceptors (Lipinski definition) is 6. The van der Waals surface area contributed by atoms with E-state index in [1.807, 2.05) is 26.1 Å². The predicted octanol–water partition coefficient (Wildman–Crippen LogP) is 5.04. The maximum absolute atomic E-state index is 13.4. The second-order valence-electron chi connectivity index (χ2n) is 8.72. The summed E-state index contributed by atoms with van der Waals surface area (Å²) in [6.07, 6.45) is -0.753. The van der Waals surface area contributed by atoms with E-state index in [2.05, 4.69) is 25.4 Å². The van der Waals surface area contributed by atoms with E-state index in [1.165, 1.54) is 13.0 Å². The maximum Gasteiger partial charge on any atom is 0.416 e. The molecule has 1 aliphatic rings. The van der Waals surface area contributed by atoms with Crippen molar-refractivity contribution in [3.63, 3.8) is 0 Å². The number of alkyl halides is 3. The van der Waals surface area contributed by atoms with Crippen molar-refractivity contribution in [1.29, 1.82) is 0 Å². The van der Waals surface area contributed by atoms with Gasteiger partial charge in [0.25, 0.3) is 0 Å². The molecule has 0 unspecified atom stereocenters. The van der Waals surface area contributed by atoms with E-state index in [0.717, 1.165) is 43.1 Å². The van der Waals surface area contributed by atoms with Crippen LogP contribution in [-0.2, 0) is 6.18 Å². The highest BCUT2D eigenvalue weighted by molar-refractivity contribution is 5.92. The van der Waals surface area contributed by atoms with Gasteiger partial charge in [0.2, 0.25) is 0 Å². The molecule has 1 saturated heterocycles. The van der Waals surface area contributed by atoms with Crippen LogP contribution in [0.5, 0.6) is 0 Å². The van der Waals surface area contributed by atoms with Gasteiger partial charge in [0.05, 0.1) is 34.7 Å². The van der Waals surface area contributed by atoms with Crippen LogP contribution in [0, 0.1) is 19.8 Å². The summed E-state index contributed by atoms with van der Waals surface area (Å²) in [6.45, 7) is 7.01. The van der Waals surface area contributed by atoms with Gasteiger partial charge < -0.3 is 15.3 Å². The van der Waals surface area contributed by atoms with Crippen LogP contribution in [-0.4, -0.2) is 40.0 Å². The Balaban J connectivity index is 1.66. The normalized spacial score (nSPS) is 16.3. The number of aliphatic hydroxyl groups excluding tert-OH is 1. The highest BCUT2D eigenvalue weighted by Gasteiger charge is 2.33. The fourth-order valence-corrected chi connectivity index (χ4v) is 4.51. The third kappa shape index (κ3) is 4.73. The zero-order valence-corrected chi connectivity index (χ0v) is 18.9. The van der Waals surface area contributed by atoms with E-state index in [9.17, 15) is 18.3 Å². The number of nitrogens with one attached hydrogen (secondary N) is 1. The van der Waals surface area contributed by atoms with E-state index < -0.39 is 17.8 Å². The number of rotatable bonds is 5. The number of aryl methyl sites for hydroxylation is 1. The average Bonchev–Trinajstić information content (AvgIpc) is 2.80. The molecule has 0 amide bonds. The number of halogens is 3. The smallest absolute Gasteiger partial charge is 0.396 e. The summed E-state index contributed by atoms with van der Waals surface area (Å²) in [4.78, 5) is 6.85. The minimum Gasteiger partial charge on any atom is -0.396 e. The molecule has 0 saturated carbocycles. The van der Waals surface area contributed by atoms with Crippen molar-refractivity contribution in [1.82, 2.24) is 15.2 Å². The molecule has 1 aliphatic heterocycles. The zero-order valence-electron chi connectivity index (χ0n) is 18.9. The molecule has 6 nitrogen and oxygen atoms in total. The summed E-state index contributed by atoms with van der Waals surface area (Å²) in [5.41, 5.74) is 2.45. The molecule has 0 radical (unpaired) electrons. The molecular weight excluding hydrogens is 431 g/mol. The lowest BCUT2D eigenvalue weighted by molar-refractivity contribution is -0.138. The Hall–Kier alpha value is -2.94. The number of hydrogen-bond donors (Lipinski definition) is 2. The quantitative estimate of drug-likeness (QED) is 0.557. The fourth-order valence-electron chi connectivity index (χ4n) is 4.51. The summed E-state index contributed by atoms with van der Waals surface area (Å²) >= 11 is 0. The summed E-state index contributed by atoms with van der Waals surface area (Å²) in [5.74, 6) is 0.816. The van der Waals surface area contributed by atoms with Gasteiger partial charge >= 0.3 is 6.18 Å². The molecule has 9 heteroatoms. The molecule has 1 fully saturated rings. The van der Waals surface area contributed by atoms with Crippen molar-refractivity contribution < 1.29 is 18.3 Å². The molecule has 0 spiro atoms. The highest BCUT2D eigenvalue weighted by atomic mass is 19.4. The van der Waals surface area contributed by atoms with Gasteiger partial charge in [0.1, 0.15) is 0 Å². The van der Waals surface area contributed by atoms with Crippen LogP contribution in [0.2, 0.25) is 0 Å². The van der Waals surface area contributed by atoms with Crippen molar-refractivity contribution in [3.8, 4) is 0 Å². The summed E-state index contributed by atoms with van der Waals surface area (Å²) in [7, 11) is 0. The number of piperidine rings is 1. The Labute approximate surface area is 190 Å². The summed E-state index contributed by atoms with van der Waals surface area (Å²) in [5, 5.41) is 21.9. The molecule has 3 heterocycles. The van der Waals surface area contributed by atoms with E-state index >= 15 is 0 Å². The van der Waals surface area contributed by atoms with E-state index in [-0.39, 0.29) is 12.2 Å². The van der Waals surface area contributed by atoms with E-state index in [1.54, 1.807) is 6.07 Å². The van der Waals surface area contributed by atoms with Crippen LogP contribution in [0.25, 0.3) is 10.9 Å². The molecule has 33 heavy (non-hydrogen) atoms. The van der Waals surface area contributed by atoms with Gasteiger partial charge in [-0.25, -0.2) is 0 Å². The first-order chi connectivity index (χ1) is 15.7. The molecule has 3 aromatic rings. The fraction of sp³-hybridized carbons (Fsp3) is 0.458. The Bertz CT molecular complexity index is 1140. The lowest BCUT2D eigenvalue weighted by Crippen LogP contribution is -2.34. The molecule has 1 atom stereocenters. The molecule has 0 bridgehead atoms. The van der Waals surface area contributed by atoms with Gasteiger partial charge in [-0.2, -0.15) is 18.3 Å². The predicted molar refractivity (Wildman–Crippen MR) is 122 cm³/mol. The molecule has 0 aliphatic carbocycles.